The fourth-order valence-corrected chi connectivity index (χ4v) is 4.12. The number of imidazole rings is 1. The standard InChI is InChI=1S/C20H22N2O6S/c1-5-26-20-21-15(11-8-12(23-2)17(25-4)13(9-11)24-3)16(22-20)19-18-14(10-29-19)27-6-7-28-18/h8-10H,5-7H2,1-4H3,(H,21,22). The summed E-state index contributed by atoms with van der Waals surface area (Å²) in [6.07, 6.45) is 0. The number of methoxy groups -OCH3 is 3. The Balaban J connectivity index is 1.89. The number of aromatic amines is 1. The molecule has 1 aliphatic rings. The van der Waals surface area contributed by atoms with E-state index in [1.165, 1.54) is 11.3 Å². The molecule has 29 heavy (non-hydrogen) atoms. The van der Waals surface area contributed by atoms with Gasteiger partial charge < -0.3 is 33.4 Å². The number of thiophene rings is 1. The third kappa shape index (κ3) is 3.42. The number of nitrogens with zero attached hydrogens (tertiary/aromatic N) is 1. The molecule has 3 aromatic rings. The summed E-state index contributed by atoms with van der Waals surface area (Å²) in [4.78, 5) is 8.82. The lowest BCUT2D eigenvalue weighted by molar-refractivity contribution is 0.174. The second kappa shape index (κ2) is 8.12. The van der Waals surface area contributed by atoms with Gasteiger partial charge in [0, 0.05) is 10.9 Å². The molecule has 3 heterocycles. The molecule has 0 bridgehead atoms. The molecule has 1 N–H and O–H groups in total. The van der Waals surface area contributed by atoms with Crippen LogP contribution in [-0.4, -0.2) is 51.1 Å². The lowest BCUT2D eigenvalue weighted by Gasteiger charge is -2.16. The van der Waals surface area contributed by atoms with E-state index in [0.717, 1.165) is 21.9 Å². The number of ether oxygens (including phenoxy) is 6. The largest absolute Gasteiger partial charge is 0.493 e. The van der Waals surface area contributed by atoms with E-state index in [1.54, 1.807) is 21.3 Å². The number of nitrogens with one attached hydrogen (secondary N) is 1. The van der Waals surface area contributed by atoms with Crippen molar-refractivity contribution >= 4 is 11.3 Å². The van der Waals surface area contributed by atoms with Crippen molar-refractivity contribution in [2.45, 2.75) is 6.92 Å². The molecule has 0 aliphatic carbocycles. The summed E-state index contributed by atoms with van der Waals surface area (Å²) in [6.45, 7) is 3.44. The van der Waals surface area contributed by atoms with Crippen LogP contribution in [-0.2, 0) is 0 Å². The van der Waals surface area contributed by atoms with Crippen LogP contribution in [0.5, 0.6) is 34.8 Å². The highest BCUT2D eigenvalue weighted by atomic mass is 32.1. The van der Waals surface area contributed by atoms with Crippen molar-refractivity contribution in [3.63, 3.8) is 0 Å². The van der Waals surface area contributed by atoms with Crippen molar-refractivity contribution in [2.24, 2.45) is 0 Å². The molecule has 0 spiro atoms. The van der Waals surface area contributed by atoms with Crippen molar-refractivity contribution in [3.05, 3.63) is 17.5 Å². The van der Waals surface area contributed by atoms with Gasteiger partial charge in [-0.25, -0.2) is 0 Å². The monoisotopic (exact) mass is 418 g/mol. The normalized spacial score (nSPS) is 12.6. The molecule has 0 amide bonds. The van der Waals surface area contributed by atoms with E-state index >= 15 is 0 Å². The molecule has 0 unspecified atom stereocenters. The van der Waals surface area contributed by atoms with Crippen molar-refractivity contribution in [1.82, 2.24) is 9.97 Å². The first kappa shape index (κ1) is 19.3. The minimum atomic E-state index is 0.421. The van der Waals surface area contributed by atoms with Gasteiger partial charge in [0.1, 0.15) is 18.9 Å². The van der Waals surface area contributed by atoms with Crippen LogP contribution in [0.15, 0.2) is 17.5 Å². The van der Waals surface area contributed by atoms with Gasteiger partial charge in [-0.15, -0.1) is 11.3 Å². The van der Waals surface area contributed by atoms with Gasteiger partial charge in [-0.1, -0.05) is 0 Å². The number of aromatic nitrogens is 2. The average molecular weight is 418 g/mol. The van der Waals surface area contributed by atoms with Crippen molar-refractivity contribution in [2.75, 3.05) is 41.2 Å². The minimum Gasteiger partial charge on any atom is -0.493 e. The number of fused-ring (bicyclic) bond motifs is 1. The van der Waals surface area contributed by atoms with Gasteiger partial charge in [-0.2, -0.15) is 4.98 Å². The van der Waals surface area contributed by atoms with E-state index in [-0.39, 0.29) is 0 Å². The highest BCUT2D eigenvalue weighted by Gasteiger charge is 2.26. The maximum Gasteiger partial charge on any atom is 0.294 e. The fraction of sp³-hybridized carbons (Fsp3) is 0.350. The molecule has 0 radical (unpaired) electrons. The molecular formula is C20H22N2O6S. The topological polar surface area (TPSA) is 84.1 Å². The van der Waals surface area contributed by atoms with Gasteiger partial charge in [-0.3, -0.25) is 0 Å². The number of hydrogen-bond donors (Lipinski definition) is 1. The molecule has 1 aliphatic heterocycles. The summed E-state index contributed by atoms with van der Waals surface area (Å²) in [5.74, 6) is 3.05. The zero-order valence-electron chi connectivity index (χ0n) is 16.7. The van der Waals surface area contributed by atoms with E-state index in [1.807, 2.05) is 24.4 Å². The van der Waals surface area contributed by atoms with Gasteiger partial charge >= 0.3 is 0 Å². The van der Waals surface area contributed by atoms with Gasteiger partial charge in [0.25, 0.3) is 6.01 Å². The second-order valence-electron chi connectivity index (χ2n) is 6.07. The van der Waals surface area contributed by atoms with Crippen molar-refractivity contribution in [1.29, 1.82) is 0 Å². The maximum atomic E-state index is 5.86. The lowest BCUT2D eigenvalue weighted by Crippen LogP contribution is -2.14. The predicted octanol–water partition coefficient (Wildman–Crippen LogP) is 4.00. The predicted molar refractivity (Wildman–Crippen MR) is 109 cm³/mol. The third-order valence-electron chi connectivity index (χ3n) is 4.43. The summed E-state index contributed by atoms with van der Waals surface area (Å²) in [6, 6.07) is 4.13. The molecule has 0 saturated heterocycles. The summed E-state index contributed by atoms with van der Waals surface area (Å²) < 4.78 is 33.6. The molecule has 0 atom stereocenters. The van der Waals surface area contributed by atoms with Gasteiger partial charge in [-0.05, 0) is 19.1 Å². The van der Waals surface area contributed by atoms with E-state index < -0.39 is 0 Å². The van der Waals surface area contributed by atoms with Crippen LogP contribution in [0.25, 0.3) is 21.8 Å². The molecule has 0 fully saturated rings. The number of hydrogen-bond acceptors (Lipinski definition) is 8. The Bertz CT molecular complexity index is 988. The Kier molecular flexibility index (Phi) is 5.39. The molecule has 8 nitrogen and oxygen atoms in total. The highest BCUT2D eigenvalue weighted by Crippen LogP contribution is 2.49. The van der Waals surface area contributed by atoms with Gasteiger partial charge in [0.05, 0.1) is 38.5 Å². The molecule has 1 aromatic carbocycles. The second-order valence-corrected chi connectivity index (χ2v) is 6.95. The zero-order chi connectivity index (χ0) is 20.4. The zero-order valence-corrected chi connectivity index (χ0v) is 17.5. The van der Waals surface area contributed by atoms with Crippen molar-refractivity contribution in [3.8, 4) is 56.6 Å². The molecule has 2 aromatic heterocycles. The van der Waals surface area contributed by atoms with E-state index in [0.29, 0.717) is 54.5 Å². The van der Waals surface area contributed by atoms with Crippen LogP contribution in [0.1, 0.15) is 6.92 Å². The van der Waals surface area contributed by atoms with Gasteiger partial charge in [0.15, 0.2) is 23.0 Å². The maximum absolute atomic E-state index is 5.86. The Labute approximate surface area is 172 Å². The van der Waals surface area contributed by atoms with E-state index in [9.17, 15) is 0 Å². The smallest absolute Gasteiger partial charge is 0.294 e. The fourth-order valence-electron chi connectivity index (χ4n) is 3.18. The van der Waals surface area contributed by atoms with Gasteiger partial charge in [0.2, 0.25) is 5.75 Å². The van der Waals surface area contributed by atoms with Crippen LogP contribution in [0.4, 0.5) is 0 Å². The van der Waals surface area contributed by atoms with Crippen LogP contribution in [0, 0.1) is 0 Å². The Morgan fingerprint density at radius 1 is 1.07 bits per heavy atom. The Morgan fingerprint density at radius 2 is 1.79 bits per heavy atom. The van der Waals surface area contributed by atoms with E-state index in [2.05, 4.69) is 9.97 Å². The quantitative estimate of drug-likeness (QED) is 0.621. The molecule has 9 heteroatoms. The minimum absolute atomic E-state index is 0.421. The SMILES string of the molecule is CCOc1nc(-c2cc(OC)c(OC)c(OC)c2)c(-c2scc3c2OCCO3)[nH]1. The van der Waals surface area contributed by atoms with E-state index in [4.69, 9.17) is 28.4 Å². The average Bonchev–Trinajstić information content (AvgIpc) is 3.36. The highest BCUT2D eigenvalue weighted by molar-refractivity contribution is 7.14. The molecular weight excluding hydrogens is 396 g/mol. The molecule has 4 rings (SSSR count). The summed E-state index contributed by atoms with van der Waals surface area (Å²) in [5.41, 5.74) is 2.25. The van der Waals surface area contributed by atoms with Crippen molar-refractivity contribution < 1.29 is 28.4 Å². The summed E-state index contributed by atoms with van der Waals surface area (Å²) >= 11 is 1.52. The summed E-state index contributed by atoms with van der Waals surface area (Å²) in [7, 11) is 4.74. The first-order valence-electron chi connectivity index (χ1n) is 9.10. The molecule has 0 saturated carbocycles. The third-order valence-corrected chi connectivity index (χ3v) is 5.39. The first-order valence-corrected chi connectivity index (χ1v) is 9.98. The Hall–Kier alpha value is -3.07. The van der Waals surface area contributed by atoms with Crippen LogP contribution < -0.4 is 28.4 Å². The lowest BCUT2D eigenvalue weighted by atomic mass is 10.1. The number of rotatable bonds is 7. The number of H-pyrrole nitrogens is 1. The van der Waals surface area contributed by atoms with Crippen LogP contribution >= 0.6 is 11.3 Å². The van der Waals surface area contributed by atoms with Crippen LogP contribution in [0.3, 0.4) is 0 Å². The van der Waals surface area contributed by atoms with Crippen LogP contribution in [0.2, 0.25) is 0 Å². The molecule has 154 valence electrons. The summed E-state index contributed by atoms with van der Waals surface area (Å²) in [5, 5.41) is 1.93. The Morgan fingerprint density at radius 3 is 2.45 bits per heavy atom. The number of benzene rings is 1. The first-order chi connectivity index (χ1) is 14.2.